The summed E-state index contributed by atoms with van der Waals surface area (Å²) in [4.78, 5) is 0. The highest BCUT2D eigenvalue weighted by Crippen LogP contribution is 2.38. The molecule has 0 aliphatic heterocycles. The summed E-state index contributed by atoms with van der Waals surface area (Å²) in [5.41, 5.74) is 0.738. The fourth-order valence-corrected chi connectivity index (χ4v) is 2.55. The molecule has 25 heavy (non-hydrogen) atoms. The van der Waals surface area contributed by atoms with Crippen molar-refractivity contribution in [3.63, 3.8) is 0 Å². The highest BCUT2D eigenvalue weighted by molar-refractivity contribution is 5.84. The Morgan fingerprint density at radius 3 is 1.72 bits per heavy atom. The van der Waals surface area contributed by atoms with E-state index in [0.717, 1.165) is 6.07 Å². The summed E-state index contributed by atoms with van der Waals surface area (Å²) in [5.74, 6) is -2.62. The fraction of sp³-hybridized carbons (Fsp3) is 0.0526. The molecule has 0 N–H and O–H groups in total. The summed E-state index contributed by atoms with van der Waals surface area (Å²) in [6.45, 7) is 0. The SMILES string of the molecule is Fc1ccccc1-c1ccccc1-c1cccc(OC(F)(F)F)c1F. The number of halogens is 5. The topological polar surface area (TPSA) is 9.23 Å². The molecule has 0 aliphatic rings. The molecule has 0 heterocycles. The van der Waals surface area contributed by atoms with Gasteiger partial charge in [0.05, 0.1) is 0 Å². The standard InChI is InChI=1S/C19H11F5O/c20-16-10-4-3-8-14(16)12-6-1-2-7-13(12)15-9-5-11-17(18(15)21)25-19(22,23)24/h1-11H. The lowest BCUT2D eigenvalue weighted by molar-refractivity contribution is -0.275. The van der Waals surface area contributed by atoms with Gasteiger partial charge in [-0.25, -0.2) is 8.78 Å². The number of hydrogen-bond acceptors (Lipinski definition) is 1. The number of ether oxygens (including phenoxy) is 1. The minimum absolute atomic E-state index is 0.111. The van der Waals surface area contributed by atoms with Gasteiger partial charge in [-0.3, -0.25) is 0 Å². The molecule has 0 saturated carbocycles. The second-order valence-electron chi connectivity index (χ2n) is 5.19. The summed E-state index contributed by atoms with van der Waals surface area (Å²) in [7, 11) is 0. The van der Waals surface area contributed by atoms with Crippen LogP contribution in [0.15, 0.2) is 66.7 Å². The summed E-state index contributed by atoms with van der Waals surface area (Å²) in [6.07, 6.45) is -5.01. The maximum Gasteiger partial charge on any atom is 0.573 e. The van der Waals surface area contributed by atoms with E-state index < -0.39 is 23.7 Å². The second kappa shape index (κ2) is 6.55. The van der Waals surface area contributed by atoms with E-state index in [4.69, 9.17) is 0 Å². The maximum atomic E-state index is 14.6. The van der Waals surface area contributed by atoms with Gasteiger partial charge in [-0.2, -0.15) is 0 Å². The van der Waals surface area contributed by atoms with Crippen LogP contribution in [-0.2, 0) is 0 Å². The molecule has 0 atom stereocenters. The molecule has 0 aromatic heterocycles. The van der Waals surface area contributed by atoms with Crippen molar-refractivity contribution < 1.29 is 26.7 Å². The van der Waals surface area contributed by atoms with Gasteiger partial charge in [0.1, 0.15) is 5.82 Å². The Balaban J connectivity index is 2.16. The van der Waals surface area contributed by atoms with E-state index in [1.807, 2.05) is 0 Å². The number of rotatable bonds is 3. The zero-order chi connectivity index (χ0) is 18.0. The molecule has 6 heteroatoms. The van der Waals surface area contributed by atoms with Gasteiger partial charge in [0.15, 0.2) is 11.6 Å². The fourth-order valence-electron chi connectivity index (χ4n) is 2.55. The Bertz CT molecular complexity index is 902. The average Bonchev–Trinajstić information content (AvgIpc) is 2.56. The first kappa shape index (κ1) is 17.0. The van der Waals surface area contributed by atoms with Crippen LogP contribution in [0.4, 0.5) is 22.0 Å². The molecular weight excluding hydrogens is 339 g/mol. The molecule has 0 radical (unpaired) electrons. The van der Waals surface area contributed by atoms with Crippen LogP contribution in [0, 0.1) is 11.6 Å². The largest absolute Gasteiger partial charge is 0.573 e. The third kappa shape index (κ3) is 3.63. The molecule has 0 spiro atoms. The van der Waals surface area contributed by atoms with Crippen molar-refractivity contribution in [2.24, 2.45) is 0 Å². The van der Waals surface area contributed by atoms with Gasteiger partial charge >= 0.3 is 6.36 Å². The van der Waals surface area contributed by atoms with Crippen LogP contribution >= 0.6 is 0 Å². The van der Waals surface area contributed by atoms with Crippen molar-refractivity contribution in [1.82, 2.24) is 0 Å². The van der Waals surface area contributed by atoms with E-state index >= 15 is 0 Å². The van der Waals surface area contributed by atoms with Gasteiger partial charge in [0.2, 0.25) is 0 Å². The third-order valence-electron chi connectivity index (χ3n) is 3.57. The third-order valence-corrected chi connectivity index (χ3v) is 3.57. The average molecular weight is 350 g/mol. The smallest absolute Gasteiger partial charge is 0.403 e. The molecule has 0 fully saturated rings. The molecule has 0 saturated heterocycles. The van der Waals surface area contributed by atoms with E-state index in [0.29, 0.717) is 5.56 Å². The van der Waals surface area contributed by atoms with Gasteiger partial charge in [0.25, 0.3) is 0 Å². The normalized spacial score (nSPS) is 11.4. The van der Waals surface area contributed by atoms with Crippen LogP contribution in [0.1, 0.15) is 0 Å². The van der Waals surface area contributed by atoms with Gasteiger partial charge in [-0.15, -0.1) is 13.2 Å². The van der Waals surface area contributed by atoms with Gasteiger partial charge < -0.3 is 4.74 Å². The number of benzene rings is 3. The molecule has 3 aromatic rings. The molecule has 1 nitrogen and oxygen atoms in total. The first-order chi connectivity index (χ1) is 11.9. The van der Waals surface area contributed by atoms with Crippen LogP contribution in [0.2, 0.25) is 0 Å². The molecule has 3 rings (SSSR count). The summed E-state index contributed by atoms with van der Waals surface area (Å²) in [6, 6.07) is 15.7. The van der Waals surface area contributed by atoms with Crippen molar-refractivity contribution in [3.05, 3.63) is 78.4 Å². The van der Waals surface area contributed by atoms with Crippen LogP contribution in [0.25, 0.3) is 22.3 Å². The number of alkyl halides is 3. The lowest BCUT2D eigenvalue weighted by Crippen LogP contribution is -2.18. The Morgan fingerprint density at radius 1 is 0.600 bits per heavy atom. The van der Waals surface area contributed by atoms with Gasteiger partial charge in [-0.05, 0) is 23.3 Å². The minimum atomic E-state index is -5.01. The summed E-state index contributed by atoms with van der Waals surface area (Å²) < 4.78 is 69.6. The Morgan fingerprint density at radius 2 is 1.12 bits per heavy atom. The van der Waals surface area contributed by atoms with Gasteiger partial charge in [0, 0.05) is 11.1 Å². The van der Waals surface area contributed by atoms with Crippen molar-refractivity contribution in [2.75, 3.05) is 0 Å². The van der Waals surface area contributed by atoms with Crippen LogP contribution in [-0.4, -0.2) is 6.36 Å². The maximum absolute atomic E-state index is 14.6. The molecule has 0 bridgehead atoms. The Labute approximate surface area is 140 Å². The van der Waals surface area contributed by atoms with Crippen molar-refractivity contribution in [2.45, 2.75) is 6.36 Å². The quantitative estimate of drug-likeness (QED) is 0.511. The predicted molar refractivity (Wildman–Crippen MR) is 83.9 cm³/mol. The summed E-state index contributed by atoms with van der Waals surface area (Å²) in [5, 5.41) is 0. The molecule has 0 aliphatic carbocycles. The van der Waals surface area contributed by atoms with E-state index in [9.17, 15) is 22.0 Å². The minimum Gasteiger partial charge on any atom is -0.403 e. The first-order valence-electron chi connectivity index (χ1n) is 7.25. The van der Waals surface area contributed by atoms with E-state index in [1.54, 1.807) is 24.3 Å². The lowest BCUT2D eigenvalue weighted by Gasteiger charge is -2.14. The monoisotopic (exact) mass is 350 g/mol. The molecule has 0 amide bonds. The van der Waals surface area contributed by atoms with E-state index in [1.165, 1.54) is 36.4 Å². The second-order valence-corrected chi connectivity index (χ2v) is 5.19. The molecular formula is C19H11F5O. The van der Waals surface area contributed by atoms with Crippen molar-refractivity contribution in [1.29, 1.82) is 0 Å². The highest BCUT2D eigenvalue weighted by Gasteiger charge is 2.33. The van der Waals surface area contributed by atoms with Crippen LogP contribution in [0.5, 0.6) is 5.75 Å². The number of hydrogen-bond donors (Lipinski definition) is 0. The Kier molecular flexibility index (Phi) is 4.44. The Hall–Kier alpha value is -2.89. The van der Waals surface area contributed by atoms with E-state index in [-0.39, 0.29) is 16.7 Å². The molecule has 0 unspecified atom stereocenters. The first-order valence-corrected chi connectivity index (χ1v) is 7.25. The zero-order valence-corrected chi connectivity index (χ0v) is 12.6. The highest BCUT2D eigenvalue weighted by atomic mass is 19.4. The lowest BCUT2D eigenvalue weighted by atomic mass is 9.94. The van der Waals surface area contributed by atoms with Crippen molar-refractivity contribution in [3.8, 4) is 28.0 Å². The van der Waals surface area contributed by atoms with Crippen molar-refractivity contribution >= 4 is 0 Å². The molecule has 3 aromatic carbocycles. The zero-order valence-electron chi connectivity index (χ0n) is 12.6. The predicted octanol–water partition coefficient (Wildman–Crippen LogP) is 6.20. The van der Waals surface area contributed by atoms with Crippen LogP contribution < -0.4 is 4.74 Å². The van der Waals surface area contributed by atoms with Gasteiger partial charge in [-0.1, -0.05) is 54.6 Å². The van der Waals surface area contributed by atoms with E-state index in [2.05, 4.69) is 4.74 Å². The molecule has 128 valence electrons. The van der Waals surface area contributed by atoms with Crippen LogP contribution in [0.3, 0.4) is 0 Å². The summed E-state index contributed by atoms with van der Waals surface area (Å²) >= 11 is 0.